The zero-order valence-electron chi connectivity index (χ0n) is 11.9. The summed E-state index contributed by atoms with van der Waals surface area (Å²) in [7, 11) is -3.44. The van der Waals surface area contributed by atoms with Gasteiger partial charge in [0.15, 0.2) is 0 Å². The van der Waals surface area contributed by atoms with Gasteiger partial charge in [0.2, 0.25) is 10.0 Å². The largest absolute Gasteiger partial charge is 0.282 e. The molecule has 0 amide bonds. The summed E-state index contributed by atoms with van der Waals surface area (Å²) in [5.41, 5.74) is 4.00. The van der Waals surface area contributed by atoms with Crippen LogP contribution in [0.25, 0.3) is 0 Å². The lowest BCUT2D eigenvalue weighted by Gasteiger charge is -2.07. The molecular formula is C14H19N3O2S. The van der Waals surface area contributed by atoms with Crippen molar-refractivity contribution in [1.29, 1.82) is 0 Å². The third-order valence-electron chi connectivity index (χ3n) is 3.28. The van der Waals surface area contributed by atoms with Crippen LogP contribution in [0, 0.1) is 20.8 Å². The molecule has 0 aliphatic carbocycles. The van der Waals surface area contributed by atoms with E-state index in [2.05, 4.69) is 14.9 Å². The minimum atomic E-state index is -3.44. The number of nitrogens with one attached hydrogen (secondary N) is 2. The fourth-order valence-corrected chi connectivity index (χ4v) is 3.09. The summed E-state index contributed by atoms with van der Waals surface area (Å²) in [6.07, 6.45) is 0.624. The van der Waals surface area contributed by atoms with Crippen LogP contribution in [0.15, 0.2) is 29.2 Å². The summed E-state index contributed by atoms with van der Waals surface area (Å²) >= 11 is 0. The first-order valence-electron chi connectivity index (χ1n) is 6.47. The molecule has 2 aromatic rings. The minimum Gasteiger partial charge on any atom is -0.282 e. The van der Waals surface area contributed by atoms with Gasteiger partial charge in [-0.25, -0.2) is 13.1 Å². The maximum atomic E-state index is 12.1. The van der Waals surface area contributed by atoms with Gasteiger partial charge in [-0.1, -0.05) is 17.7 Å². The number of H-pyrrole nitrogens is 1. The van der Waals surface area contributed by atoms with Crippen molar-refractivity contribution in [2.45, 2.75) is 32.1 Å². The van der Waals surface area contributed by atoms with Crippen molar-refractivity contribution in [1.82, 2.24) is 14.9 Å². The van der Waals surface area contributed by atoms with Gasteiger partial charge in [-0.05, 0) is 44.9 Å². The van der Waals surface area contributed by atoms with Gasteiger partial charge in [-0.15, -0.1) is 0 Å². The molecule has 0 aliphatic heterocycles. The van der Waals surface area contributed by atoms with Crippen molar-refractivity contribution in [3.8, 4) is 0 Å². The number of nitrogens with zero attached hydrogens (tertiary/aromatic N) is 1. The number of hydrogen-bond acceptors (Lipinski definition) is 3. The molecule has 1 aromatic carbocycles. The van der Waals surface area contributed by atoms with Gasteiger partial charge < -0.3 is 0 Å². The maximum Gasteiger partial charge on any atom is 0.240 e. The van der Waals surface area contributed by atoms with E-state index in [1.807, 2.05) is 20.8 Å². The molecule has 1 heterocycles. The summed E-state index contributed by atoms with van der Waals surface area (Å²) in [5, 5.41) is 6.99. The molecule has 0 atom stereocenters. The molecule has 2 N–H and O–H groups in total. The number of sulfonamides is 1. The smallest absolute Gasteiger partial charge is 0.240 e. The van der Waals surface area contributed by atoms with Crippen LogP contribution in [-0.4, -0.2) is 25.2 Å². The summed E-state index contributed by atoms with van der Waals surface area (Å²) in [6, 6.07) is 6.82. The first-order chi connectivity index (χ1) is 9.40. The number of rotatable bonds is 5. The number of hydrogen-bond donors (Lipinski definition) is 2. The monoisotopic (exact) mass is 293 g/mol. The highest BCUT2D eigenvalue weighted by molar-refractivity contribution is 7.89. The lowest BCUT2D eigenvalue weighted by Crippen LogP contribution is -2.26. The van der Waals surface area contributed by atoms with Crippen LogP contribution in [0.3, 0.4) is 0 Å². The molecule has 6 heteroatoms. The molecule has 0 spiro atoms. The Bertz CT molecular complexity index is 668. The van der Waals surface area contributed by atoms with Crippen LogP contribution >= 0.6 is 0 Å². The maximum absolute atomic E-state index is 12.1. The Balaban J connectivity index is 2.01. The number of aromatic nitrogens is 2. The lowest BCUT2D eigenvalue weighted by atomic mass is 10.1. The third kappa shape index (κ3) is 3.26. The molecule has 0 radical (unpaired) electrons. The molecule has 0 bridgehead atoms. The van der Waals surface area contributed by atoms with Crippen molar-refractivity contribution < 1.29 is 8.42 Å². The van der Waals surface area contributed by atoms with Crippen LogP contribution in [0.5, 0.6) is 0 Å². The molecule has 0 aliphatic rings. The third-order valence-corrected chi connectivity index (χ3v) is 4.76. The van der Waals surface area contributed by atoms with E-state index in [0.717, 1.165) is 22.5 Å². The average Bonchev–Trinajstić information content (AvgIpc) is 2.71. The Morgan fingerprint density at radius 3 is 2.35 bits per heavy atom. The second-order valence-corrected chi connectivity index (χ2v) is 6.64. The first kappa shape index (κ1) is 14.7. The van der Waals surface area contributed by atoms with Gasteiger partial charge in [0.1, 0.15) is 0 Å². The summed E-state index contributed by atoms with van der Waals surface area (Å²) in [4.78, 5) is 0.295. The molecule has 2 rings (SSSR count). The van der Waals surface area contributed by atoms with E-state index in [4.69, 9.17) is 0 Å². The van der Waals surface area contributed by atoms with E-state index in [0.29, 0.717) is 17.9 Å². The normalized spacial score (nSPS) is 11.8. The second-order valence-electron chi connectivity index (χ2n) is 4.87. The van der Waals surface area contributed by atoms with E-state index in [-0.39, 0.29) is 0 Å². The molecule has 0 fully saturated rings. The number of benzene rings is 1. The molecule has 20 heavy (non-hydrogen) atoms. The summed E-state index contributed by atoms with van der Waals surface area (Å²) in [6.45, 7) is 6.13. The Labute approximate surface area is 119 Å². The predicted molar refractivity (Wildman–Crippen MR) is 78.1 cm³/mol. The van der Waals surface area contributed by atoms with Crippen LogP contribution in [-0.2, 0) is 16.4 Å². The van der Waals surface area contributed by atoms with Crippen LogP contribution in [0.2, 0.25) is 0 Å². The number of aromatic amines is 1. The van der Waals surface area contributed by atoms with Crippen molar-refractivity contribution >= 4 is 10.0 Å². The van der Waals surface area contributed by atoms with Gasteiger partial charge in [-0.2, -0.15) is 5.10 Å². The van der Waals surface area contributed by atoms with Crippen molar-refractivity contribution in [2.24, 2.45) is 0 Å². The van der Waals surface area contributed by atoms with Crippen molar-refractivity contribution in [3.05, 3.63) is 46.8 Å². The standard InChI is InChI=1S/C14H19N3O2S/c1-10-4-6-13(7-5-10)20(18,19)15-9-8-14-11(2)16-17-12(14)3/h4-7,15H,8-9H2,1-3H3,(H,16,17). The molecule has 0 saturated heterocycles. The Morgan fingerprint density at radius 1 is 1.15 bits per heavy atom. The molecule has 5 nitrogen and oxygen atoms in total. The van der Waals surface area contributed by atoms with Gasteiger partial charge in [0, 0.05) is 12.2 Å². The van der Waals surface area contributed by atoms with Crippen LogP contribution < -0.4 is 4.72 Å². The minimum absolute atomic E-state index is 0.295. The van der Waals surface area contributed by atoms with Gasteiger partial charge in [0.25, 0.3) is 0 Å². The zero-order valence-corrected chi connectivity index (χ0v) is 12.7. The SMILES string of the molecule is Cc1ccc(S(=O)(=O)NCCc2c(C)n[nH]c2C)cc1. The van der Waals surface area contributed by atoms with Crippen molar-refractivity contribution in [3.63, 3.8) is 0 Å². The second kappa shape index (κ2) is 5.76. The van der Waals surface area contributed by atoms with Crippen molar-refractivity contribution in [2.75, 3.05) is 6.54 Å². The van der Waals surface area contributed by atoms with E-state index >= 15 is 0 Å². The molecular weight excluding hydrogens is 274 g/mol. The highest BCUT2D eigenvalue weighted by atomic mass is 32.2. The fourth-order valence-electron chi connectivity index (χ4n) is 2.05. The predicted octanol–water partition coefficient (Wildman–Crippen LogP) is 1.86. The van der Waals surface area contributed by atoms with Crippen LogP contribution in [0.1, 0.15) is 22.5 Å². The van der Waals surface area contributed by atoms with Gasteiger partial charge in [0.05, 0.1) is 10.6 Å². The average molecular weight is 293 g/mol. The molecule has 0 unspecified atom stereocenters. The van der Waals surface area contributed by atoms with Gasteiger partial charge in [-0.3, -0.25) is 5.10 Å². The van der Waals surface area contributed by atoms with Gasteiger partial charge >= 0.3 is 0 Å². The highest BCUT2D eigenvalue weighted by Crippen LogP contribution is 2.12. The molecule has 0 saturated carbocycles. The fraction of sp³-hybridized carbons (Fsp3) is 0.357. The molecule has 1 aromatic heterocycles. The van der Waals surface area contributed by atoms with E-state index in [9.17, 15) is 8.42 Å². The van der Waals surface area contributed by atoms with E-state index in [1.54, 1.807) is 24.3 Å². The first-order valence-corrected chi connectivity index (χ1v) is 7.95. The zero-order chi connectivity index (χ0) is 14.8. The topological polar surface area (TPSA) is 74.8 Å². The van der Waals surface area contributed by atoms with E-state index < -0.39 is 10.0 Å². The Morgan fingerprint density at radius 2 is 1.80 bits per heavy atom. The summed E-state index contributed by atoms with van der Waals surface area (Å²) < 4.78 is 26.8. The Hall–Kier alpha value is -1.66. The highest BCUT2D eigenvalue weighted by Gasteiger charge is 2.14. The number of aryl methyl sites for hydroxylation is 3. The Kier molecular flexibility index (Phi) is 4.25. The van der Waals surface area contributed by atoms with E-state index in [1.165, 1.54) is 0 Å². The summed E-state index contributed by atoms with van der Waals surface area (Å²) in [5.74, 6) is 0. The molecule has 108 valence electrons. The van der Waals surface area contributed by atoms with Crippen LogP contribution in [0.4, 0.5) is 0 Å². The lowest BCUT2D eigenvalue weighted by molar-refractivity contribution is 0.581. The quantitative estimate of drug-likeness (QED) is 0.883.